The fraction of sp³-hybridized carbons (Fsp3) is 0.182. The molecule has 0 radical (unpaired) electrons. The summed E-state index contributed by atoms with van der Waals surface area (Å²) in [5.74, 6) is 0.933. The fourth-order valence-corrected chi connectivity index (χ4v) is 2.09. The fourth-order valence-electron chi connectivity index (χ4n) is 1.41. The van der Waals surface area contributed by atoms with Crippen molar-refractivity contribution < 1.29 is 9.84 Å². The second-order valence-corrected chi connectivity index (χ2v) is 4.05. The average Bonchev–Trinajstić information content (AvgIpc) is 2.65. The predicted molar refractivity (Wildman–Crippen MR) is 60.5 cm³/mol. The number of methoxy groups -OCH3 is 1. The summed E-state index contributed by atoms with van der Waals surface area (Å²) >= 11 is 1.42. The number of ether oxygens (including phenoxy) is 1. The quantitative estimate of drug-likeness (QED) is 0.847. The minimum Gasteiger partial charge on any atom is -0.496 e. The van der Waals surface area contributed by atoms with E-state index in [4.69, 9.17) is 9.84 Å². The van der Waals surface area contributed by atoms with Gasteiger partial charge in [-0.3, -0.25) is 0 Å². The summed E-state index contributed by atoms with van der Waals surface area (Å²) < 4.78 is 5.17. The summed E-state index contributed by atoms with van der Waals surface area (Å²) in [4.78, 5) is 4.01. The minimum absolute atomic E-state index is 0.0727. The Morgan fingerprint density at radius 2 is 2.20 bits per heavy atom. The zero-order valence-corrected chi connectivity index (χ0v) is 9.34. The molecule has 0 amide bonds. The van der Waals surface area contributed by atoms with E-state index < -0.39 is 0 Å². The largest absolute Gasteiger partial charge is 0.496 e. The molecule has 0 unspecified atom stereocenters. The predicted octanol–water partition coefficient (Wildman–Crippen LogP) is 2.83. The lowest BCUT2D eigenvalue weighted by Gasteiger charge is -2.05. The van der Waals surface area contributed by atoms with Crippen LogP contribution in [-0.4, -0.2) is 17.2 Å². The Kier molecular flexibility index (Phi) is 2.60. The molecule has 0 atom stereocenters. The van der Waals surface area contributed by atoms with Gasteiger partial charge in [0.05, 0.1) is 12.5 Å². The number of aromatic nitrogens is 1. The number of benzene rings is 1. The summed E-state index contributed by atoms with van der Waals surface area (Å²) in [6.45, 7) is 1.98. The van der Waals surface area contributed by atoms with E-state index in [9.17, 15) is 0 Å². The Hall–Kier alpha value is -1.55. The lowest BCUT2D eigenvalue weighted by molar-refractivity contribution is 0.412. The topological polar surface area (TPSA) is 42.4 Å². The Balaban J connectivity index is 2.42. The summed E-state index contributed by atoms with van der Waals surface area (Å²) in [5, 5.41) is 11.6. The number of hydrogen-bond donors (Lipinski definition) is 1. The molecule has 0 saturated carbocycles. The van der Waals surface area contributed by atoms with Crippen molar-refractivity contribution in [2.24, 2.45) is 0 Å². The van der Waals surface area contributed by atoms with E-state index in [1.165, 1.54) is 11.3 Å². The SMILES string of the molecule is COc1ccc(-c2nc(O)cs2)cc1C. The van der Waals surface area contributed by atoms with E-state index in [2.05, 4.69) is 4.98 Å². The molecule has 1 aromatic carbocycles. The first-order valence-electron chi connectivity index (χ1n) is 4.50. The van der Waals surface area contributed by atoms with Gasteiger partial charge >= 0.3 is 0 Å². The highest BCUT2D eigenvalue weighted by Crippen LogP contribution is 2.29. The van der Waals surface area contributed by atoms with Gasteiger partial charge in [0.2, 0.25) is 5.88 Å². The molecule has 0 spiro atoms. The van der Waals surface area contributed by atoms with Crippen molar-refractivity contribution >= 4 is 11.3 Å². The van der Waals surface area contributed by atoms with Gasteiger partial charge in [0.15, 0.2) is 0 Å². The molecule has 0 aliphatic rings. The molecule has 1 aromatic heterocycles. The molecular weight excluding hydrogens is 210 g/mol. The van der Waals surface area contributed by atoms with Crippen LogP contribution in [0.2, 0.25) is 0 Å². The van der Waals surface area contributed by atoms with Crippen LogP contribution < -0.4 is 4.74 Å². The lowest BCUT2D eigenvalue weighted by Crippen LogP contribution is -1.87. The third kappa shape index (κ3) is 1.94. The molecule has 15 heavy (non-hydrogen) atoms. The standard InChI is InChI=1S/C11H11NO2S/c1-7-5-8(3-4-9(7)14-2)11-12-10(13)6-15-11/h3-6,13H,1-2H3. The molecule has 4 heteroatoms. The van der Waals surface area contributed by atoms with E-state index in [0.717, 1.165) is 21.9 Å². The molecule has 0 aliphatic carbocycles. The van der Waals surface area contributed by atoms with Crippen LogP contribution in [-0.2, 0) is 0 Å². The Labute approximate surface area is 92.0 Å². The first-order valence-corrected chi connectivity index (χ1v) is 5.38. The van der Waals surface area contributed by atoms with Crippen molar-refractivity contribution in [3.8, 4) is 22.2 Å². The Morgan fingerprint density at radius 3 is 2.73 bits per heavy atom. The van der Waals surface area contributed by atoms with E-state index in [-0.39, 0.29) is 5.88 Å². The third-order valence-corrected chi connectivity index (χ3v) is 3.01. The van der Waals surface area contributed by atoms with Crippen LogP contribution in [0, 0.1) is 6.92 Å². The number of aryl methyl sites for hydroxylation is 1. The summed E-state index contributed by atoms with van der Waals surface area (Å²) in [6, 6.07) is 5.84. The van der Waals surface area contributed by atoms with Crippen molar-refractivity contribution in [1.29, 1.82) is 0 Å². The maximum Gasteiger partial charge on any atom is 0.222 e. The number of rotatable bonds is 2. The van der Waals surface area contributed by atoms with Crippen LogP contribution in [0.4, 0.5) is 0 Å². The maximum absolute atomic E-state index is 9.16. The van der Waals surface area contributed by atoms with Crippen LogP contribution in [0.3, 0.4) is 0 Å². The van der Waals surface area contributed by atoms with E-state index in [1.54, 1.807) is 12.5 Å². The molecular formula is C11H11NO2S. The van der Waals surface area contributed by atoms with Crippen molar-refractivity contribution in [2.75, 3.05) is 7.11 Å². The summed E-state index contributed by atoms with van der Waals surface area (Å²) in [5.41, 5.74) is 2.06. The van der Waals surface area contributed by atoms with E-state index in [0.29, 0.717) is 0 Å². The third-order valence-electron chi connectivity index (χ3n) is 2.13. The highest BCUT2D eigenvalue weighted by molar-refractivity contribution is 7.13. The monoisotopic (exact) mass is 221 g/mol. The Morgan fingerprint density at radius 1 is 1.40 bits per heavy atom. The zero-order chi connectivity index (χ0) is 10.8. The van der Waals surface area contributed by atoms with Crippen molar-refractivity contribution in [2.45, 2.75) is 6.92 Å². The first-order chi connectivity index (χ1) is 7.20. The molecule has 0 bridgehead atoms. The maximum atomic E-state index is 9.16. The van der Waals surface area contributed by atoms with Crippen LogP contribution in [0.1, 0.15) is 5.56 Å². The van der Waals surface area contributed by atoms with Gasteiger partial charge in [0.25, 0.3) is 0 Å². The van der Waals surface area contributed by atoms with Crippen molar-refractivity contribution in [1.82, 2.24) is 4.98 Å². The van der Waals surface area contributed by atoms with Gasteiger partial charge in [-0.1, -0.05) is 0 Å². The van der Waals surface area contributed by atoms with Crippen LogP contribution in [0.15, 0.2) is 23.6 Å². The zero-order valence-electron chi connectivity index (χ0n) is 8.52. The minimum atomic E-state index is 0.0727. The average molecular weight is 221 g/mol. The molecule has 78 valence electrons. The molecule has 2 rings (SSSR count). The van der Waals surface area contributed by atoms with E-state index >= 15 is 0 Å². The second kappa shape index (κ2) is 3.90. The second-order valence-electron chi connectivity index (χ2n) is 3.20. The van der Waals surface area contributed by atoms with Crippen LogP contribution >= 0.6 is 11.3 Å². The van der Waals surface area contributed by atoms with Gasteiger partial charge in [-0.25, -0.2) is 4.98 Å². The van der Waals surface area contributed by atoms with Crippen LogP contribution in [0.5, 0.6) is 11.6 Å². The Bertz CT molecular complexity index is 479. The molecule has 0 fully saturated rings. The first kappa shape index (κ1) is 9.98. The molecule has 0 aliphatic heterocycles. The number of aromatic hydroxyl groups is 1. The van der Waals surface area contributed by atoms with Gasteiger partial charge in [0, 0.05) is 5.56 Å². The van der Waals surface area contributed by atoms with Crippen molar-refractivity contribution in [3.05, 3.63) is 29.1 Å². The molecule has 1 N–H and O–H groups in total. The highest BCUT2D eigenvalue weighted by atomic mass is 32.1. The summed E-state index contributed by atoms with van der Waals surface area (Å²) in [7, 11) is 1.65. The van der Waals surface area contributed by atoms with Crippen LogP contribution in [0.25, 0.3) is 10.6 Å². The van der Waals surface area contributed by atoms with Crippen molar-refractivity contribution in [3.63, 3.8) is 0 Å². The smallest absolute Gasteiger partial charge is 0.222 e. The number of thiazole rings is 1. The number of hydrogen-bond acceptors (Lipinski definition) is 4. The number of nitrogens with zero attached hydrogens (tertiary/aromatic N) is 1. The van der Waals surface area contributed by atoms with Gasteiger partial charge in [-0.15, -0.1) is 11.3 Å². The normalized spacial score (nSPS) is 10.3. The molecule has 3 nitrogen and oxygen atoms in total. The molecule has 1 heterocycles. The van der Waals surface area contributed by atoms with Gasteiger partial charge in [-0.2, -0.15) is 0 Å². The lowest BCUT2D eigenvalue weighted by atomic mass is 10.1. The van der Waals surface area contributed by atoms with Gasteiger partial charge in [-0.05, 0) is 30.7 Å². The highest BCUT2D eigenvalue weighted by Gasteiger charge is 2.05. The molecule has 0 saturated heterocycles. The van der Waals surface area contributed by atoms with Gasteiger partial charge < -0.3 is 9.84 Å². The van der Waals surface area contributed by atoms with E-state index in [1.807, 2.05) is 25.1 Å². The molecule has 2 aromatic rings. The summed E-state index contributed by atoms with van der Waals surface area (Å²) in [6.07, 6.45) is 0. The van der Waals surface area contributed by atoms with Gasteiger partial charge in [0.1, 0.15) is 10.8 Å².